The number of cyclic esters (lactones) is 1. The number of carbonyl (C=O) groups is 1. The molecule has 0 saturated carbocycles. The first-order valence-electron chi connectivity index (χ1n) is 9.15. The van der Waals surface area contributed by atoms with Gasteiger partial charge < -0.3 is 10.1 Å². The molecule has 1 fully saturated rings. The lowest BCUT2D eigenvalue weighted by atomic mass is 9.97. The standard InChI is InChI=1S/C19H16F3N5O2/c20-19(21,22)16-14-12(6-8-24-17(14)25-18(28)29-16)15-11-3-1-2-4-13(11)27(26-15)10-5-7-23-9-10/h1-4,6,8,10,16,23H,5,7,9H2,(H,24,25,28)/t10-,16+/m0/s1. The molecule has 5 rings (SSSR count). The summed E-state index contributed by atoms with van der Waals surface area (Å²) in [5.74, 6) is -0.165. The normalized spacial score (nSPS) is 21.7. The number of aromatic nitrogens is 3. The largest absolute Gasteiger partial charge is 0.431 e. The fraction of sp³-hybridized carbons (Fsp3) is 0.316. The highest BCUT2D eigenvalue weighted by Crippen LogP contribution is 2.46. The van der Waals surface area contributed by atoms with Gasteiger partial charge in [-0.15, -0.1) is 0 Å². The number of rotatable bonds is 2. The van der Waals surface area contributed by atoms with E-state index >= 15 is 0 Å². The number of nitrogens with zero attached hydrogens (tertiary/aromatic N) is 3. The zero-order valence-electron chi connectivity index (χ0n) is 15.0. The molecule has 3 aromatic rings. The highest BCUT2D eigenvalue weighted by molar-refractivity contribution is 5.97. The summed E-state index contributed by atoms with van der Waals surface area (Å²) in [6.45, 7) is 1.60. The molecule has 150 valence electrons. The van der Waals surface area contributed by atoms with Gasteiger partial charge >= 0.3 is 12.3 Å². The Kier molecular flexibility index (Phi) is 3.98. The van der Waals surface area contributed by atoms with Gasteiger partial charge in [0, 0.05) is 23.7 Å². The van der Waals surface area contributed by atoms with Crippen LogP contribution in [0, 0.1) is 0 Å². The number of ether oxygens (including phenoxy) is 1. The second-order valence-corrected chi connectivity index (χ2v) is 7.03. The SMILES string of the molecule is O=C1Nc2nccc(-c3nn([C@H]4CCNC4)c4ccccc34)c2[C@H](C(F)(F)F)O1. The van der Waals surface area contributed by atoms with Crippen LogP contribution in [0.15, 0.2) is 36.5 Å². The maximum atomic E-state index is 13.7. The molecular weight excluding hydrogens is 387 g/mol. The van der Waals surface area contributed by atoms with Gasteiger partial charge in [-0.05, 0) is 25.1 Å². The third-order valence-electron chi connectivity index (χ3n) is 5.24. The van der Waals surface area contributed by atoms with Crippen molar-refractivity contribution in [3.63, 3.8) is 0 Å². The van der Waals surface area contributed by atoms with Crippen molar-refractivity contribution in [2.45, 2.75) is 24.7 Å². The van der Waals surface area contributed by atoms with Crippen molar-refractivity contribution in [1.82, 2.24) is 20.1 Å². The minimum Gasteiger partial charge on any atom is -0.431 e. The van der Waals surface area contributed by atoms with Gasteiger partial charge in [0.2, 0.25) is 6.10 Å². The number of carbonyl (C=O) groups excluding carboxylic acids is 1. The molecule has 4 heterocycles. The lowest BCUT2D eigenvalue weighted by Gasteiger charge is -2.28. The van der Waals surface area contributed by atoms with Crippen molar-refractivity contribution >= 4 is 22.8 Å². The highest BCUT2D eigenvalue weighted by Gasteiger charge is 2.49. The Balaban J connectivity index is 1.75. The highest BCUT2D eigenvalue weighted by atomic mass is 19.4. The Morgan fingerprint density at radius 1 is 1.21 bits per heavy atom. The number of hydrogen-bond acceptors (Lipinski definition) is 5. The topological polar surface area (TPSA) is 81.1 Å². The number of alkyl halides is 3. The molecule has 29 heavy (non-hydrogen) atoms. The second-order valence-electron chi connectivity index (χ2n) is 7.03. The van der Waals surface area contributed by atoms with Crippen molar-refractivity contribution < 1.29 is 22.7 Å². The van der Waals surface area contributed by atoms with E-state index < -0.39 is 18.4 Å². The van der Waals surface area contributed by atoms with Gasteiger partial charge in [0.25, 0.3) is 0 Å². The quantitative estimate of drug-likeness (QED) is 0.680. The number of halogens is 3. The fourth-order valence-electron chi connectivity index (χ4n) is 3.98. The van der Waals surface area contributed by atoms with Crippen LogP contribution in [0.4, 0.5) is 23.8 Å². The lowest BCUT2D eigenvalue weighted by Crippen LogP contribution is -2.34. The molecule has 2 atom stereocenters. The van der Waals surface area contributed by atoms with E-state index in [9.17, 15) is 18.0 Å². The summed E-state index contributed by atoms with van der Waals surface area (Å²) in [4.78, 5) is 15.5. The van der Waals surface area contributed by atoms with Crippen LogP contribution < -0.4 is 10.6 Å². The molecule has 2 N–H and O–H groups in total. The first kappa shape index (κ1) is 17.9. The Morgan fingerprint density at radius 2 is 2.03 bits per heavy atom. The molecule has 0 aliphatic carbocycles. The number of benzene rings is 1. The zero-order valence-corrected chi connectivity index (χ0v) is 15.0. The number of hydrogen-bond donors (Lipinski definition) is 2. The van der Waals surface area contributed by atoms with E-state index in [-0.39, 0.29) is 23.0 Å². The number of pyridine rings is 1. The average molecular weight is 403 g/mol. The van der Waals surface area contributed by atoms with E-state index in [0.717, 1.165) is 30.4 Å². The minimum atomic E-state index is -4.78. The van der Waals surface area contributed by atoms with Gasteiger partial charge in [0.05, 0.1) is 17.1 Å². The minimum absolute atomic E-state index is 0.112. The van der Waals surface area contributed by atoms with E-state index in [0.29, 0.717) is 5.69 Å². The summed E-state index contributed by atoms with van der Waals surface area (Å²) in [7, 11) is 0. The molecule has 7 nitrogen and oxygen atoms in total. The average Bonchev–Trinajstić information content (AvgIpc) is 3.34. The summed E-state index contributed by atoms with van der Waals surface area (Å²) >= 11 is 0. The van der Waals surface area contributed by atoms with Crippen LogP contribution >= 0.6 is 0 Å². The molecule has 0 bridgehead atoms. The molecule has 2 aliphatic rings. The third kappa shape index (κ3) is 2.91. The van der Waals surface area contributed by atoms with Crippen LogP contribution in [0.3, 0.4) is 0 Å². The maximum Gasteiger partial charge on any atom is 0.430 e. The molecule has 10 heteroatoms. The van der Waals surface area contributed by atoms with Crippen LogP contribution in [-0.2, 0) is 4.74 Å². The monoisotopic (exact) mass is 403 g/mol. The van der Waals surface area contributed by atoms with Gasteiger partial charge in [-0.2, -0.15) is 18.3 Å². The molecule has 1 saturated heterocycles. The summed E-state index contributed by atoms with van der Waals surface area (Å²) in [5, 5.41) is 11.0. The van der Waals surface area contributed by atoms with Crippen molar-refractivity contribution in [2.24, 2.45) is 0 Å². The second kappa shape index (κ2) is 6.45. The Labute approximate surface area is 162 Å². The van der Waals surface area contributed by atoms with Crippen LogP contribution in [0.25, 0.3) is 22.2 Å². The Morgan fingerprint density at radius 3 is 2.79 bits per heavy atom. The summed E-state index contributed by atoms with van der Waals surface area (Å²) in [6.07, 6.45) is -6.14. The number of fused-ring (bicyclic) bond motifs is 2. The van der Waals surface area contributed by atoms with Gasteiger partial charge in [-0.25, -0.2) is 9.78 Å². The third-order valence-corrected chi connectivity index (χ3v) is 5.24. The van der Waals surface area contributed by atoms with E-state index in [4.69, 9.17) is 5.10 Å². The van der Waals surface area contributed by atoms with Crippen LogP contribution in [-0.4, -0.2) is 40.1 Å². The molecule has 0 radical (unpaired) electrons. The molecule has 1 amide bonds. The Bertz CT molecular complexity index is 1100. The molecule has 0 unspecified atom stereocenters. The fourth-order valence-corrected chi connectivity index (χ4v) is 3.98. The Hall–Kier alpha value is -3.14. The van der Waals surface area contributed by atoms with E-state index in [2.05, 4.69) is 20.4 Å². The van der Waals surface area contributed by atoms with Crippen LogP contribution in [0.2, 0.25) is 0 Å². The maximum absolute atomic E-state index is 13.7. The van der Waals surface area contributed by atoms with Crippen molar-refractivity contribution in [2.75, 3.05) is 18.4 Å². The van der Waals surface area contributed by atoms with E-state index in [1.165, 1.54) is 12.3 Å². The molecule has 2 aliphatic heterocycles. The number of amides is 1. The van der Waals surface area contributed by atoms with Gasteiger partial charge in [-0.1, -0.05) is 18.2 Å². The van der Waals surface area contributed by atoms with Crippen molar-refractivity contribution in [3.8, 4) is 11.3 Å². The predicted octanol–water partition coefficient (Wildman–Crippen LogP) is 3.80. The van der Waals surface area contributed by atoms with Crippen molar-refractivity contribution in [3.05, 3.63) is 42.1 Å². The first-order valence-corrected chi connectivity index (χ1v) is 9.15. The number of para-hydroxylation sites is 1. The smallest absolute Gasteiger partial charge is 0.430 e. The lowest BCUT2D eigenvalue weighted by molar-refractivity contribution is -0.206. The molecule has 1 aromatic carbocycles. The first-order chi connectivity index (χ1) is 13.9. The van der Waals surface area contributed by atoms with Gasteiger partial charge in [-0.3, -0.25) is 10.00 Å². The van der Waals surface area contributed by atoms with Gasteiger partial charge in [0.15, 0.2) is 0 Å². The van der Waals surface area contributed by atoms with Crippen molar-refractivity contribution in [1.29, 1.82) is 0 Å². The molecular formula is C19H16F3N5O2. The molecule has 2 aromatic heterocycles. The van der Waals surface area contributed by atoms with Crippen LogP contribution in [0.1, 0.15) is 24.1 Å². The van der Waals surface area contributed by atoms with E-state index in [1.807, 2.05) is 28.9 Å². The molecule has 0 spiro atoms. The number of anilines is 1. The zero-order chi connectivity index (χ0) is 20.2. The summed E-state index contributed by atoms with van der Waals surface area (Å²) in [5.41, 5.74) is 1.24. The predicted molar refractivity (Wildman–Crippen MR) is 98.4 cm³/mol. The van der Waals surface area contributed by atoms with Crippen LogP contribution in [0.5, 0.6) is 0 Å². The summed E-state index contributed by atoms with van der Waals surface area (Å²) < 4.78 is 47.5. The van der Waals surface area contributed by atoms with E-state index in [1.54, 1.807) is 0 Å². The number of nitrogens with one attached hydrogen (secondary N) is 2. The van der Waals surface area contributed by atoms with Gasteiger partial charge in [0.1, 0.15) is 11.5 Å². The summed E-state index contributed by atoms with van der Waals surface area (Å²) in [6, 6.07) is 9.01.